The Balaban J connectivity index is 2.97. The molecule has 0 aliphatic rings. The Kier molecular flexibility index (Phi) is 3.28. The molecule has 1 aromatic carbocycles. The second-order valence-electron chi connectivity index (χ2n) is 3.22. The van der Waals surface area contributed by atoms with E-state index in [2.05, 4.69) is 0 Å². The van der Waals surface area contributed by atoms with Crippen LogP contribution < -0.4 is 11.5 Å². The van der Waals surface area contributed by atoms with Crippen molar-refractivity contribution >= 4 is 5.69 Å². The molecule has 0 spiro atoms. The predicted molar refractivity (Wildman–Crippen MR) is 54.2 cm³/mol. The average Bonchev–Trinajstić information content (AvgIpc) is 2.08. The largest absolute Gasteiger partial charge is 0.399 e. The van der Waals surface area contributed by atoms with Crippen molar-refractivity contribution in [3.63, 3.8) is 0 Å². The Labute approximate surface area is 78.4 Å². The molecule has 72 valence electrons. The molecule has 1 atom stereocenters. The minimum Gasteiger partial charge on any atom is -0.399 e. The number of hydrogen-bond donors (Lipinski definition) is 3. The molecule has 0 fully saturated rings. The number of anilines is 1. The molecule has 13 heavy (non-hydrogen) atoms. The lowest BCUT2D eigenvalue weighted by atomic mass is 10.0. The van der Waals surface area contributed by atoms with Gasteiger partial charge in [-0.3, -0.25) is 0 Å². The van der Waals surface area contributed by atoms with Gasteiger partial charge >= 0.3 is 0 Å². The van der Waals surface area contributed by atoms with Gasteiger partial charge in [0, 0.05) is 18.3 Å². The molecule has 0 radical (unpaired) electrons. The number of aliphatic hydroxyl groups is 1. The van der Waals surface area contributed by atoms with Gasteiger partial charge in [0.1, 0.15) is 0 Å². The van der Waals surface area contributed by atoms with Crippen LogP contribution in [0.2, 0.25) is 0 Å². The Morgan fingerprint density at radius 2 is 2.15 bits per heavy atom. The van der Waals surface area contributed by atoms with Crippen LogP contribution in [0.5, 0.6) is 0 Å². The first-order valence-corrected chi connectivity index (χ1v) is 4.40. The lowest BCUT2D eigenvalue weighted by Gasteiger charge is -2.09. The zero-order chi connectivity index (χ0) is 9.84. The van der Waals surface area contributed by atoms with E-state index in [0.717, 1.165) is 16.8 Å². The summed E-state index contributed by atoms with van der Waals surface area (Å²) >= 11 is 0. The maximum Gasteiger partial charge on any atom is 0.0472 e. The normalized spacial score (nSPS) is 12.8. The highest BCUT2D eigenvalue weighted by Crippen LogP contribution is 2.18. The van der Waals surface area contributed by atoms with Crippen molar-refractivity contribution in [3.05, 3.63) is 29.3 Å². The summed E-state index contributed by atoms with van der Waals surface area (Å²) in [6.45, 7) is 2.04. The fraction of sp³-hybridized carbons (Fsp3) is 0.400. The third-order valence-corrected chi connectivity index (χ3v) is 2.07. The van der Waals surface area contributed by atoms with Crippen LogP contribution in [0.3, 0.4) is 0 Å². The smallest absolute Gasteiger partial charge is 0.0472 e. The summed E-state index contributed by atoms with van der Waals surface area (Å²) in [5.74, 6) is 0. The molecule has 0 unspecified atom stereocenters. The molecule has 0 amide bonds. The monoisotopic (exact) mass is 180 g/mol. The van der Waals surface area contributed by atoms with Crippen LogP contribution in [0.15, 0.2) is 18.2 Å². The number of rotatable bonds is 3. The number of nitrogens with two attached hydrogens (primary N) is 2. The van der Waals surface area contributed by atoms with Gasteiger partial charge < -0.3 is 16.6 Å². The highest BCUT2D eigenvalue weighted by atomic mass is 16.2. The summed E-state index contributed by atoms with van der Waals surface area (Å²) in [6.07, 6.45) is 0.590. The molecular weight excluding hydrogens is 164 g/mol. The Morgan fingerprint density at radius 3 is 2.69 bits per heavy atom. The molecule has 1 aromatic rings. The van der Waals surface area contributed by atoms with Crippen molar-refractivity contribution in [2.24, 2.45) is 5.73 Å². The average molecular weight is 180 g/mol. The van der Waals surface area contributed by atoms with Crippen LogP contribution in [-0.4, -0.2) is 11.7 Å². The molecule has 3 nitrogen and oxygen atoms in total. The molecule has 1 rings (SSSR count). The maximum absolute atomic E-state index is 8.79. The zero-order valence-corrected chi connectivity index (χ0v) is 7.83. The quantitative estimate of drug-likeness (QED) is 0.603. The first-order valence-electron chi connectivity index (χ1n) is 4.40. The highest BCUT2D eigenvalue weighted by Gasteiger charge is 2.03. The van der Waals surface area contributed by atoms with E-state index >= 15 is 0 Å². The third kappa shape index (κ3) is 2.44. The van der Waals surface area contributed by atoms with E-state index < -0.39 is 0 Å². The highest BCUT2D eigenvalue weighted by molar-refractivity contribution is 5.49. The molecular formula is C10H16N2O. The van der Waals surface area contributed by atoms with Gasteiger partial charge in [-0.2, -0.15) is 0 Å². The second kappa shape index (κ2) is 4.25. The van der Waals surface area contributed by atoms with E-state index in [0.29, 0.717) is 6.42 Å². The van der Waals surface area contributed by atoms with Crippen LogP contribution in [-0.2, 0) is 6.42 Å². The fourth-order valence-electron chi connectivity index (χ4n) is 1.25. The summed E-state index contributed by atoms with van der Waals surface area (Å²) in [7, 11) is 0. The Morgan fingerprint density at radius 1 is 1.46 bits per heavy atom. The van der Waals surface area contributed by atoms with Crippen molar-refractivity contribution in [1.29, 1.82) is 0 Å². The number of aliphatic hydroxyl groups excluding tert-OH is 1. The number of benzene rings is 1. The second-order valence-corrected chi connectivity index (χ2v) is 3.22. The van der Waals surface area contributed by atoms with Crippen molar-refractivity contribution in [1.82, 2.24) is 0 Å². The first-order chi connectivity index (χ1) is 6.15. The molecule has 0 heterocycles. The van der Waals surface area contributed by atoms with Gasteiger partial charge in [0.2, 0.25) is 0 Å². The van der Waals surface area contributed by atoms with Crippen molar-refractivity contribution in [2.45, 2.75) is 19.4 Å². The standard InChI is InChI=1S/C10H16N2O/c1-7(11)8-2-3-10(12)9(6-8)4-5-13/h2-3,6-7,13H,4-5,11-12H2,1H3/t7-/m1/s1. The van der Waals surface area contributed by atoms with Gasteiger partial charge in [0.25, 0.3) is 0 Å². The Bertz CT molecular complexity index is 284. The summed E-state index contributed by atoms with van der Waals surface area (Å²) in [5.41, 5.74) is 14.2. The van der Waals surface area contributed by atoms with Gasteiger partial charge in [-0.15, -0.1) is 0 Å². The number of hydrogen-bond acceptors (Lipinski definition) is 3. The molecule has 5 N–H and O–H groups in total. The van der Waals surface area contributed by atoms with Crippen LogP contribution in [0, 0.1) is 0 Å². The van der Waals surface area contributed by atoms with Crippen LogP contribution in [0.4, 0.5) is 5.69 Å². The minimum atomic E-state index is 0.0121. The lowest BCUT2D eigenvalue weighted by molar-refractivity contribution is 0.300. The molecule has 0 aromatic heterocycles. The van der Waals surface area contributed by atoms with E-state index in [1.165, 1.54) is 0 Å². The minimum absolute atomic E-state index is 0.0121. The molecule has 0 bridgehead atoms. The van der Waals surface area contributed by atoms with Gasteiger partial charge in [0.05, 0.1) is 0 Å². The van der Waals surface area contributed by atoms with Gasteiger partial charge in [0.15, 0.2) is 0 Å². The first kappa shape index (κ1) is 10.0. The molecule has 0 aliphatic carbocycles. The molecule has 0 saturated heterocycles. The maximum atomic E-state index is 8.79. The van der Waals surface area contributed by atoms with Crippen LogP contribution in [0.25, 0.3) is 0 Å². The van der Waals surface area contributed by atoms with Crippen molar-refractivity contribution < 1.29 is 5.11 Å². The van der Waals surface area contributed by atoms with Crippen LogP contribution in [0.1, 0.15) is 24.1 Å². The van der Waals surface area contributed by atoms with Crippen molar-refractivity contribution in [3.8, 4) is 0 Å². The van der Waals surface area contributed by atoms with Crippen LogP contribution >= 0.6 is 0 Å². The zero-order valence-electron chi connectivity index (χ0n) is 7.83. The fourth-order valence-corrected chi connectivity index (χ4v) is 1.25. The molecule has 0 aliphatic heterocycles. The Hall–Kier alpha value is -1.06. The third-order valence-electron chi connectivity index (χ3n) is 2.07. The summed E-state index contributed by atoms with van der Waals surface area (Å²) in [4.78, 5) is 0. The molecule has 3 heteroatoms. The van der Waals surface area contributed by atoms with Crippen molar-refractivity contribution in [2.75, 3.05) is 12.3 Å². The predicted octanol–water partition coefficient (Wildman–Crippen LogP) is 0.823. The van der Waals surface area contributed by atoms with E-state index in [4.69, 9.17) is 16.6 Å². The van der Waals surface area contributed by atoms with E-state index in [1.807, 2.05) is 25.1 Å². The van der Waals surface area contributed by atoms with Gasteiger partial charge in [-0.1, -0.05) is 12.1 Å². The topological polar surface area (TPSA) is 72.3 Å². The van der Waals surface area contributed by atoms with E-state index in [1.54, 1.807) is 0 Å². The lowest BCUT2D eigenvalue weighted by Crippen LogP contribution is -2.07. The van der Waals surface area contributed by atoms with Gasteiger partial charge in [-0.25, -0.2) is 0 Å². The van der Waals surface area contributed by atoms with E-state index in [9.17, 15) is 0 Å². The van der Waals surface area contributed by atoms with Gasteiger partial charge in [-0.05, 0) is 30.5 Å². The van der Waals surface area contributed by atoms with E-state index in [-0.39, 0.29) is 12.6 Å². The summed E-state index contributed by atoms with van der Waals surface area (Å²) in [6, 6.07) is 5.72. The summed E-state index contributed by atoms with van der Waals surface area (Å²) in [5, 5.41) is 8.79. The SMILES string of the molecule is C[C@@H](N)c1ccc(N)c(CCO)c1. The summed E-state index contributed by atoms with van der Waals surface area (Å²) < 4.78 is 0. The molecule has 0 saturated carbocycles. The number of nitrogen functional groups attached to an aromatic ring is 1.